The third-order valence-corrected chi connectivity index (χ3v) is 5.06. The van der Waals surface area contributed by atoms with Crippen LogP contribution in [0.4, 0.5) is 0 Å². The quantitative estimate of drug-likeness (QED) is 0.871. The van der Waals surface area contributed by atoms with Gasteiger partial charge in [0, 0.05) is 49.9 Å². The minimum Gasteiger partial charge on any atom is -0.387 e. The fourth-order valence-corrected chi connectivity index (χ4v) is 3.48. The van der Waals surface area contributed by atoms with Crippen molar-refractivity contribution in [3.63, 3.8) is 0 Å². The van der Waals surface area contributed by atoms with Crippen LogP contribution in [0.3, 0.4) is 0 Å². The maximum atomic E-state index is 10.4. The molecule has 1 saturated heterocycles. The van der Waals surface area contributed by atoms with E-state index in [0.717, 1.165) is 44.7 Å². The van der Waals surface area contributed by atoms with Crippen LogP contribution in [0.15, 0.2) is 54.6 Å². The number of hydrogen-bond acceptors (Lipinski definition) is 3. The molecule has 0 spiro atoms. The highest BCUT2D eigenvalue weighted by molar-refractivity contribution is 6.31. The van der Waals surface area contributed by atoms with Crippen molar-refractivity contribution in [3.8, 4) is 0 Å². The van der Waals surface area contributed by atoms with Crippen molar-refractivity contribution in [2.24, 2.45) is 0 Å². The smallest absolute Gasteiger partial charge is 0.0931 e. The summed E-state index contributed by atoms with van der Waals surface area (Å²) in [5.74, 6) is 0. The molecule has 1 heterocycles. The molecule has 1 aliphatic heterocycles. The maximum absolute atomic E-state index is 10.4. The maximum Gasteiger partial charge on any atom is 0.0931 e. The first-order valence-electron chi connectivity index (χ1n) is 8.63. The Labute approximate surface area is 149 Å². The molecule has 0 bridgehead atoms. The van der Waals surface area contributed by atoms with Gasteiger partial charge in [0.25, 0.3) is 0 Å². The molecule has 0 aromatic heterocycles. The Kier molecular flexibility index (Phi) is 6.27. The highest BCUT2D eigenvalue weighted by atomic mass is 35.5. The molecule has 3 rings (SSSR count). The summed E-state index contributed by atoms with van der Waals surface area (Å²) in [4.78, 5) is 4.83. The third-order valence-electron chi connectivity index (χ3n) is 4.72. The van der Waals surface area contributed by atoms with Crippen LogP contribution in [0, 0.1) is 0 Å². The number of piperazine rings is 1. The zero-order chi connectivity index (χ0) is 16.8. The van der Waals surface area contributed by atoms with Crippen LogP contribution in [0.2, 0.25) is 5.02 Å². The number of nitrogens with zero attached hydrogens (tertiary/aromatic N) is 2. The first kappa shape index (κ1) is 17.4. The number of benzene rings is 2. The molecule has 3 nitrogen and oxygen atoms in total. The molecule has 2 aromatic rings. The van der Waals surface area contributed by atoms with Crippen molar-refractivity contribution in [1.82, 2.24) is 9.80 Å². The van der Waals surface area contributed by atoms with Gasteiger partial charge in [-0.25, -0.2) is 0 Å². The predicted molar refractivity (Wildman–Crippen MR) is 99.4 cm³/mol. The van der Waals surface area contributed by atoms with Gasteiger partial charge in [0.05, 0.1) is 6.10 Å². The topological polar surface area (TPSA) is 26.7 Å². The number of β-amino-alcohol motifs (C(OH)–C–C–N with tert-alkyl or cyclic N) is 1. The first-order valence-corrected chi connectivity index (χ1v) is 9.01. The van der Waals surface area contributed by atoms with E-state index in [1.54, 1.807) is 0 Å². The lowest BCUT2D eigenvalue weighted by Crippen LogP contribution is -2.47. The van der Waals surface area contributed by atoms with E-state index in [2.05, 4.69) is 40.1 Å². The largest absolute Gasteiger partial charge is 0.387 e. The van der Waals surface area contributed by atoms with E-state index in [9.17, 15) is 5.11 Å². The lowest BCUT2D eigenvalue weighted by molar-refractivity contribution is 0.0730. The van der Waals surface area contributed by atoms with Gasteiger partial charge >= 0.3 is 0 Å². The lowest BCUT2D eigenvalue weighted by atomic mass is 10.1. The van der Waals surface area contributed by atoms with Crippen molar-refractivity contribution >= 4 is 11.6 Å². The van der Waals surface area contributed by atoms with Crippen LogP contribution in [-0.4, -0.2) is 54.2 Å². The van der Waals surface area contributed by atoms with E-state index in [1.807, 2.05) is 24.3 Å². The summed E-state index contributed by atoms with van der Waals surface area (Å²) in [6.45, 7) is 5.86. The van der Waals surface area contributed by atoms with Gasteiger partial charge in [-0.15, -0.1) is 0 Å². The Bertz CT molecular complexity index is 627. The van der Waals surface area contributed by atoms with Crippen LogP contribution in [0.25, 0.3) is 0 Å². The molecule has 0 amide bonds. The summed E-state index contributed by atoms with van der Waals surface area (Å²) in [5.41, 5.74) is 2.22. The first-order chi connectivity index (χ1) is 11.7. The Balaban J connectivity index is 1.43. The van der Waals surface area contributed by atoms with Crippen molar-refractivity contribution in [2.45, 2.75) is 12.5 Å². The monoisotopic (exact) mass is 344 g/mol. The van der Waals surface area contributed by atoms with E-state index in [1.165, 1.54) is 5.56 Å². The number of aliphatic hydroxyl groups is 1. The van der Waals surface area contributed by atoms with E-state index in [0.29, 0.717) is 11.6 Å². The molecule has 0 aliphatic carbocycles. The zero-order valence-electron chi connectivity index (χ0n) is 13.9. The fraction of sp³-hybridized carbons (Fsp3) is 0.400. The van der Waals surface area contributed by atoms with Gasteiger partial charge in [-0.05, 0) is 18.1 Å². The van der Waals surface area contributed by atoms with Gasteiger partial charge in [-0.2, -0.15) is 0 Å². The molecule has 128 valence electrons. The molecule has 1 unspecified atom stereocenters. The molecular weight excluding hydrogens is 320 g/mol. The van der Waals surface area contributed by atoms with Crippen molar-refractivity contribution in [3.05, 3.63) is 70.7 Å². The van der Waals surface area contributed by atoms with Gasteiger partial charge in [-0.1, -0.05) is 60.1 Å². The second-order valence-electron chi connectivity index (χ2n) is 6.42. The second kappa shape index (κ2) is 8.63. The van der Waals surface area contributed by atoms with E-state index in [-0.39, 0.29) is 0 Å². The van der Waals surface area contributed by atoms with Gasteiger partial charge in [0.2, 0.25) is 0 Å². The van der Waals surface area contributed by atoms with Crippen LogP contribution in [0.1, 0.15) is 17.2 Å². The minimum absolute atomic E-state index is 0.519. The van der Waals surface area contributed by atoms with Crippen molar-refractivity contribution < 1.29 is 5.11 Å². The van der Waals surface area contributed by atoms with Crippen LogP contribution in [0.5, 0.6) is 0 Å². The summed E-state index contributed by atoms with van der Waals surface area (Å²) >= 11 is 6.17. The number of halogens is 1. The van der Waals surface area contributed by atoms with Crippen molar-refractivity contribution in [2.75, 3.05) is 39.3 Å². The Hall–Kier alpha value is -1.39. The average Bonchev–Trinajstić information content (AvgIpc) is 2.62. The molecule has 24 heavy (non-hydrogen) atoms. The SMILES string of the molecule is OC(CN1CCN(CCc2ccccc2)CC1)c1ccccc1Cl. The molecule has 1 N–H and O–H groups in total. The Morgan fingerprint density at radius 1 is 0.875 bits per heavy atom. The normalized spacial score (nSPS) is 17.8. The highest BCUT2D eigenvalue weighted by Gasteiger charge is 2.20. The lowest BCUT2D eigenvalue weighted by Gasteiger charge is -2.35. The molecule has 2 aromatic carbocycles. The summed E-state index contributed by atoms with van der Waals surface area (Å²) < 4.78 is 0. The standard InChI is InChI=1S/C20H25ClN2O/c21-19-9-5-4-8-18(19)20(24)16-23-14-12-22(13-15-23)11-10-17-6-2-1-3-7-17/h1-9,20,24H,10-16H2. The average molecular weight is 345 g/mol. The summed E-state index contributed by atoms with van der Waals surface area (Å²) in [6.07, 6.45) is 0.581. The molecule has 1 atom stereocenters. The number of hydrogen-bond donors (Lipinski definition) is 1. The minimum atomic E-state index is -0.519. The molecule has 1 fully saturated rings. The molecule has 0 saturated carbocycles. The Morgan fingerprint density at radius 3 is 2.21 bits per heavy atom. The fourth-order valence-electron chi connectivity index (χ4n) is 3.22. The van der Waals surface area contributed by atoms with Crippen LogP contribution >= 0.6 is 11.6 Å². The van der Waals surface area contributed by atoms with Crippen LogP contribution < -0.4 is 0 Å². The molecule has 1 aliphatic rings. The number of aliphatic hydroxyl groups excluding tert-OH is 1. The molecule has 4 heteroatoms. The highest BCUT2D eigenvalue weighted by Crippen LogP contribution is 2.23. The van der Waals surface area contributed by atoms with Gasteiger partial charge in [-0.3, -0.25) is 4.90 Å². The summed E-state index contributed by atoms with van der Waals surface area (Å²) in [7, 11) is 0. The number of rotatable bonds is 6. The predicted octanol–water partition coefficient (Wildman–Crippen LogP) is 3.23. The Morgan fingerprint density at radius 2 is 1.50 bits per heavy atom. The molecular formula is C20H25ClN2O. The molecule has 0 radical (unpaired) electrons. The van der Waals surface area contributed by atoms with Gasteiger partial charge in [0.15, 0.2) is 0 Å². The summed E-state index contributed by atoms with van der Waals surface area (Å²) in [5, 5.41) is 11.1. The van der Waals surface area contributed by atoms with E-state index >= 15 is 0 Å². The van der Waals surface area contributed by atoms with Crippen molar-refractivity contribution in [1.29, 1.82) is 0 Å². The summed E-state index contributed by atoms with van der Waals surface area (Å²) in [6, 6.07) is 18.2. The zero-order valence-corrected chi connectivity index (χ0v) is 14.7. The second-order valence-corrected chi connectivity index (χ2v) is 6.82. The third kappa shape index (κ3) is 4.81. The van der Waals surface area contributed by atoms with E-state index in [4.69, 9.17) is 11.6 Å². The van der Waals surface area contributed by atoms with E-state index < -0.39 is 6.10 Å². The van der Waals surface area contributed by atoms with Crippen LogP contribution in [-0.2, 0) is 6.42 Å². The van der Waals surface area contributed by atoms with Gasteiger partial charge < -0.3 is 10.0 Å². The van der Waals surface area contributed by atoms with Gasteiger partial charge in [0.1, 0.15) is 0 Å².